The Labute approximate surface area is 100 Å². The second-order valence-electron chi connectivity index (χ2n) is 3.82. The van der Waals surface area contributed by atoms with Crippen LogP contribution in [0.3, 0.4) is 0 Å². The molecule has 17 heavy (non-hydrogen) atoms. The highest BCUT2D eigenvalue weighted by Gasteiger charge is 2.06. The molecule has 1 amide bonds. The number of anilines is 2. The highest BCUT2D eigenvalue weighted by molar-refractivity contribution is 5.94. The highest BCUT2D eigenvalue weighted by Crippen LogP contribution is 2.19. The van der Waals surface area contributed by atoms with E-state index < -0.39 is 0 Å². The number of amides is 1. The average molecular weight is 233 g/mol. The van der Waals surface area contributed by atoms with Crippen LogP contribution in [0.4, 0.5) is 11.4 Å². The van der Waals surface area contributed by atoms with Gasteiger partial charge in [-0.3, -0.25) is 4.79 Å². The molecule has 0 aliphatic heterocycles. The van der Waals surface area contributed by atoms with Crippen LogP contribution in [0.15, 0.2) is 18.2 Å². The van der Waals surface area contributed by atoms with Crippen molar-refractivity contribution in [3.05, 3.63) is 23.8 Å². The molecule has 0 spiro atoms. The van der Waals surface area contributed by atoms with Crippen LogP contribution in [0.5, 0.6) is 0 Å². The molecule has 0 aliphatic rings. The summed E-state index contributed by atoms with van der Waals surface area (Å²) in [6.07, 6.45) is -0.000869. The second-order valence-corrected chi connectivity index (χ2v) is 3.82. The molecule has 0 aliphatic carbocycles. The van der Waals surface area contributed by atoms with Crippen molar-refractivity contribution >= 4 is 17.3 Å². The first-order valence-corrected chi connectivity index (χ1v) is 5.24. The summed E-state index contributed by atoms with van der Waals surface area (Å²) in [6, 6.07) is 6.67. The number of benzene rings is 1. The molecule has 1 aromatic carbocycles. The maximum atomic E-state index is 11.5. The lowest BCUT2D eigenvalue weighted by Crippen LogP contribution is -2.21. The normalized spacial score (nSPS) is 10.0. The van der Waals surface area contributed by atoms with Crippen molar-refractivity contribution in [3.63, 3.8) is 0 Å². The number of ether oxygens (including phenoxy) is 1. The van der Waals surface area contributed by atoms with E-state index in [0.717, 1.165) is 0 Å². The first-order valence-electron chi connectivity index (χ1n) is 5.24. The SMILES string of the molecule is CC(C)OCC(=O)Nc1ccc(C#N)cc1N. The minimum absolute atomic E-state index is 0.000869. The Morgan fingerprint density at radius 1 is 1.59 bits per heavy atom. The molecule has 0 aromatic heterocycles. The Morgan fingerprint density at radius 2 is 2.29 bits per heavy atom. The summed E-state index contributed by atoms with van der Waals surface area (Å²) < 4.78 is 5.16. The van der Waals surface area contributed by atoms with Gasteiger partial charge in [-0.25, -0.2) is 0 Å². The smallest absolute Gasteiger partial charge is 0.250 e. The molecule has 90 valence electrons. The molecule has 0 saturated carbocycles. The Balaban J connectivity index is 2.63. The molecule has 5 nitrogen and oxygen atoms in total. The largest absolute Gasteiger partial charge is 0.397 e. The van der Waals surface area contributed by atoms with Crippen LogP contribution in [0.2, 0.25) is 0 Å². The number of nitrogens with zero attached hydrogens (tertiary/aromatic N) is 1. The van der Waals surface area contributed by atoms with Crippen LogP contribution >= 0.6 is 0 Å². The molecule has 0 heterocycles. The van der Waals surface area contributed by atoms with Gasteiger partial charge in [0.15, 0.2) is 0 Å². The summed E-state index contributed by atoms with van der Waals surface area (Å²) in [5.41, 5.74) is 7.00. The number of hydrogen-bond acceptors (Lipinski definition) is 4. The molecule has 0 saturated heterocycles. The van der Waals surface area contributed by atoms with Crippen LogP contribution in [0, 0.1) is 11.3 Å². The average Bonchev–Trinajstić information content (AvgIpc) is 2.29. The standard InChI is InChI=1S/C12H15N3O2/c1-8(2)17-7-12(16)15-11-4-3-9(6-13)5-10(11)14/h3-5,8H,7,14H2,1-2H3,(H,15,16). The maximum Gasteiger partial charge on any atom is 0.250 e. The van der Waals surface area contributed by atoms with E-state index in [4.69, 9.17) is 15.7 Å². The second kappa shape index (κ2) is 5.87. The summed E-state index contributed by atoms with van der Waals surface area (Å²) in [6.45, 7) is 3.68. The fourth-order valence-electron chi connectivity index (χ4n) is 1.17. The molecular formula is C12H15N3O2. The number of nitrogen functional groups attached to an aromatic ring is 1. The van der Waals surface area contributed by atoms with Crippen molar-refractivity contribution in [1.29, 1.82) is 5.26 Å². The first-order chi connectivity index (χ1) is 8.02. The lowest BCUT2D eigenvalue weighted by atomic mass is 10.2. The molecule has 3 N–H and O–H groups in total. The van der Waals surface area contributed by atoms with E-state index in [1.54, 1.807) is 12.1 Å². The number of carbonyl (C=O) groups excluding carboxylic acids is 1. The maximum absolute atomic E-state index is 11.5. The highest BCUT2D eigenvalue weighted by atomic mass is 16.5. The van der Waals surface area contributed by atoms with E-state index >= 15 is 0 Å². The minimum Gasteiger partial charge on any atom is -0.397 e. The van der Waals surface area contributed by atoms with Crippen LogP contribution in [-0.4, -0.2) is 18.6 Å². The van der Waals surface area contributed by atoms with Crippen molar-refractivity contribution in [2.75, 3.05) is 17.7 Å². The van der Waals surface area contributed by atoms with Gasteiger partial charge in [0.25, 0.3) is 0 Å². The van der Waals surface area contributed by atoms with Gasteiger partial charge in [0.2, 0.25) is 5.91 Å². The Kier molecular flexibility index (Phi) is 4.49. The summed E-state index contributed by atoms with van der Waals surface area (Å²) in [5.74, 6) is -0.268. The molecule has 0 fully saturated rings. The molecule has 5 heteroatoms. The molecular weight excluding hydrogens is 218 g/mol. The van der Waals surface area contributed by atoms with Gasteiger partial charge in [0.1, 0.15) is 6.61 Å². The third kappa shape index (κ3) is 4.13. The van der Waals surface area contributed by atoms with Gasteiger partial charge in [0.05, 0.1) is 29.1 Å². The van der Waals surface area contributed by atoms with Crippen LogP contribution in [-0.2, 0) is 9.53 Å². The van der Waals surface area contributed by atoms with Crippen molar-refractivity contribution < 1.29 is 9.53 Å². The Hall–Kier alpha value is -2.06. The predicted octanol–water partition coefficient (Wildman–Crippen LogP) is 1.50. The van der Waals surface area contributed by atoms with E-state index in [1.807, 2.05) is 19.9 Å². The fraction of sp³-hybridized carbons (Fsp3) is 0.333. The zero-order valence-electron chi connectivity index (χ0n) is 9.86. The number of nitrogens with two attached hydrogens (primary N) is 1. The van der Waals surface area contributed by atoms with Gasteiger partial charge in [-0.1, -0.05) is 0 Å². The number of hydrogen-bond donors (Lipinski definition) is 2. The minimum atomic E-state index is -0.268. The Bertz CT molecular complexity index is 450. The van der Waals surface area contributed by atoms with Crippen LogP contribution in [0.25, 0.3) is 0 Å². The van der Waals surface area contributed by atoms with Crippen molar-refractivity contribution in [2.45, 2.75) is 20.0 Å². The first kappa shape index (κ1) is 13.0. The number of rotatable bonds is 4. The van der Waals surface area contributed by atoms with E-state index in [1.165, 1.54) is 6.07 Å². The van der Waals surface area contributed by atoms with Crippen molar-refractivity contribution in [1.82, 2.24) is 0 Å². The summed E-state index contributed by atoms with van der Waals surface area (Å²) in [4.78, 5) is 11.5. The fourth-order valence-corrected chi connectivity index (χ4v) is 1.17. The van der Waals surface area contributed by atoms with Gasteiger partial charge in [-0.05, 0) is 32.0 Å². The Morgan fingerprint density at radius 3 is 2.82 bits per heavy atom. The number of carbonyl (C=O) groups is 1. The molecule has 1 aromatic rings. The third-order valence-electron chi connectivity index (χ3n) is 2.00. The van der Waals surface area contributed by atoms with E-state index in [0.29, 0.717) is 16.9 Å². The lowest BCUT2D eigenvalue weighted by Gasteiger charge is -2.10. The molecule has 0 radical (unpaired) electrons. The summed E-state index contributed by atoms with van der Waals surface area (Å²) in [7, 11) is 0. The number of nitrogens with one attached hydrogen (secondary N) is 1. The molecule has 0 unspecified atom stereocenters. The third-order valence-corrected chi connectivity index (χ3v) is 2.00. The van der Waals surface area contributed by atoms with Gasteiger partial charge < -0.3 is 15.8 Å². The molecule has 0 atom stereocenters. The number of nitriles is 1. The molecule has 1 rings (SSSR count). The van der Waals surface area contributed by atoms with Gasteiger partial charge in [-0.2, -0.15) is 5.26 Å². The monoisotopic (exact) mass is 233 g/mol. The van der Waals surface area contributed by atoms with Crippen LogP contribution in [0.1, 0.15) is 19.4 Å². The zero-order valence-corrected chi connectivity index (χ0v) is 9.86. The van der Waals surface area contributed by atoms with Gasteiger partial charge in [0, 0.05) is 0 Å². The summed E-state index contributed by atoms with van der Waals surface area (Å²) >= 11 is 0. The topological polar surface area (TPSA) is 88.1 Å². The molecule has 0 bridgehead atoms. The van der Waals surface area contributed by atoms with Gasteiger partial charge >= 0.3 is 0 Å². The van der Waals surface area contributed by atoms with Crippen molar-refractivity contribution in [2.24, 2.45) is 0 Å². The predicted molar refractivity (Wildman–Crippen MR) is 65.3 cm³/mol. The zero-order chi connectivity index (χ0) is 12.8. The van der Waals surface area contributed by atoms with Crippen molar-refractivity contribution in [3.8, 4) is 6.07 Å². The van der Waals surface area contributed by atoms with E-state index in [-0.39, 0.29) is 18.6 Å². The van der Waals surface area contributed by atoms with E-state index in [9.17, 15) is 4.79 Å². The summed E-state index contributed by atoms with van der Waals surface area (Å²) in [5, 5.41) is 11.3. The lowest BCUT2D eigenvalue weighted by molar-refractivity contribution is -0.121. The van der Waals surface area contributed by atoms with Gasteiger partial charge in [-0.15, -0.1) is 0 Å². The van der Waals surface area contributed by atoms with E-state index in [2.05, 4.69) is 5.32 Å². The van der Waals surface area contributed by atoms with Crippen LogP contribution < -0.4 is 11.1 Å². The quantitative estimate of drug-likeness (QED) is 0.771.